The third-order valence-electron chi connectivity index (χ3n) is 3.29. The zero-order chi connectivity index (χ0) is 10.1. The Kier molecular flexibility index (Phi) is 3.10. The topological polar surface area (TPSA) is 18.5 Å². The summed E-state index contributed by atoms with van der Waals surface area (Å²) in [4.78, 5) is 5.05. The second kappa shape index (κ2) is 4.17. The van der Waals surface area contributed by atoms with Crippen LogP contribution in [0.15, 0.2) is 0 Å². The number of nitrogens with one attached hydrogen (secondary N) is 1. The molecule has 3 heteroatoms. The van der Waals surface area contributed by atoms with Crippen molar-refractivity contribution in [3.8, 4) is 0 Å². The molecule has 0 aromatic carbocycles. The zero-order valence-electron chi connectivity index (χ0n) is 9.66. The Balaban J connectivity index is 1.96. The van der Waals surface area contributed by atoms with Gasteiger partial charge in [0.15, 0.2) is 0 Å². The Hall–Kier alpha value is -0.120. The molecule has 2 atom stereocenters. The Morgan fingerprint density at radius 3 is 2.57 bits per heavy atom. The maximum Gasteiger partial charge on any atom is 0.0353 e. The lowest BCUT2D eigenvalue weighted by molar-refractivity contribution is 0.0792. The monoisotopic (exact) mass is 197 g/mol. The Labute approximate surface area is 87.4 Å². The fourth-order valence-corrected chi connectivity index (χ4v) is 2.64. The zero-order valence-corrected chi connectivity index (χ0v) is 9.66. The molecular formula is C11H23N3. The van der Waals surface area contributed by atoms with E-state index < -0.39 is 0 Å². The van der Waals surface area contributed by atoms with Gasteiger partial charge in [-0.25, -0.2) is 0 Å². The first-order valence-electron chi connectivity index (χ1n) is 5.81. The van der Waals surface area contributed by atoms with Gasteiger partial charge in [-0.1, -0.05) is 0 Å². The first-order valence-corrected chi connectivity index (χ1v) is 5.81. The molecule has 2 unspecified atom stereocenters. The maximum atomic E-state index is 3.53. The molecule has 2 rings (SSSR count). The van der Waals surface area contributed by atoms with Crippen molar-refractivity contribution in [2.24, 2.45) is 0 Å². The number of piperazine rings is 1. The summed E-state index contributed by atoms with van der Waals surface area (Å²) in [6, 6.07) is 2.35. The second-order valence-corrected chi connectivity index (χ2v) is 5.10. The van der Waals surface area contributed by atoms with E-state index in [1.807, 2.05) is 0 Å². The van der Waals surface area contributed by atoms with E-state index >= 15 is 0 Å². The highest BCUT2D eigenvalue weighted by molar-refractivity contribution is 4.96. The summed E-state index contributed by atoms with van der Waals surface area (Å²) < 4.78 is 0. The summed E-state index contributed by atoms with van der Waals surface area (Å²) >= 11 is 0. The van der Waals surface area contributed by atoms with Gasteiger partial charge in [0.2, 0.25) is 0 Å². The molecule has 1 aliphatic carbocycles. The average Bonchev–Trinajstić information content (AvgIpc) is 2.86. The predicted molar refractivity (Wildman–Crippen MR) is 59.5 cm³/mol. The highest BCUT2D eigenvalue weighted by Gasteiger charge is 2.38. The van der Waals surface area contributed by atoms with Gasteiger partial charge in [-0.05, 0) is 33.9 Å². The molecule has 3 nitrogen and oxygen atoms in total. The largest absolute Gasteiger partial charge is 0.314 e. The molecule has 2 fully saturated rings. The summed E-state index contributed by atoms with van der Waals surface area (Å²) in [7, 11) is 4.34. The smallest absolute Gasteiger partial charge is 0.0353 e. The van der Waals surface area contributed by atoms with Crippen LogP contribution < -0.4 is 5.32 Å². The highest BCUT2D eigenvalue weighted by Crippen LogP contribution is 2.31. The maximum absolute atomic E-state index is 3.53. The van der Waals surface area contributed by atoms with Crippen LogP contribution in [0.4, 0.5) is 0 Å². The lowest BCUT2D eigenvalue weighted by Crippen LogP contribution is -2.59. The van der Waals surface area contributed by atoms with Gasteiger partial charge in [-0.2, -0.15) is 0 Å². The summed E-state index contributed by atoms with van der Waals surface area (Å²) in [5.74, 6) is 0. The molecule has 0 aromatic rings. The number of likely N-dealkylation sites (N-methyl/N-ethyl adjacent to an activating group) is 1. The minimum absolute atomic E-state index is 0.723. The van der Waals surface area contributed by atoms with Crippen LogP contribution in [0.3, 0.4) is 0 Å². The Morgan fingerprint density at radius 2 is 2.00 bits per heavy atom. The average molecular weight is 197 g/mol. The third-order valence-corrected chi connectivity index (χ3v) is 3.29. The minimum atomic E-state index is 0.723. The van der Waals surface area contributed by atoms with Crippen LogP contribution in [0.1, 0.15) is 19.8 Å². The van der Waals surface area contributed by atoms with E-state index in [1.165, 1.54) is 32.5 Å². The van der Waals surface area contributed by atoms with Crippen molar-refractivity contribution in [3.05, 3.63) is 0 Å². The second-order valence-electron chi connectivity index (χ2n) is 5.10. The van der Waals surface area contributed by atoms with Gasteiger partial charge in [0.25, 0.3) is 0 Å². The van der Waals surface area contributed by atoms with Gasteiger partial charge in [0.1, 0.15) is 0 Å². The van der Waals surface area contributed by atoms with E-state index in [2.05, 4.69) is 36.1 Å². The van der Waals surface area contributed by atoms with E-state index in [0.29, 0.717) is 0 Å². The van der Waals surface area contributed by atoms with Crippen molar-refractivity contribution in [3.63, 3.8) is 0 Å². The van der Waals surface area contributed by atoms with Crippen molar-refractivity contribution in [2.45, 2.75) is 37.9 Å². The normalized spacial score (nSPS) is 35.1. The van der Waals surface area contributed by atoms with Crippen molar-refractivity contribution in [1.29, 1.82) is 0 Å². The SMILES string of the molecule is CC1CNCC(CN(C)C)N1C1CC1. The predicted octanol–water partition coefficient (Wildman–Crippen LogP) is 0.373. The molecule has 2 aliphatic rings. The molecule has 1 saturated carbocycles. The molecule has 0 spiro atoms. The molecule has 1 heterocycles. The van der Waals surface area contributed by atoms with Crippen LogP contribution >= 0.6 is 0 Å². The van der Waals surface area contributed by atoms with Crippen LogP contribution in [-0.4, -0.2) is 61.7 Å². The summed E-state index contributed by atoms with van der Waals surface area (Å²) in [6.07, 6.45) is 2.85. The summed E-state index contributed by atoms with van der Waals surface area (Å²) in [6.45, 7) is 5.88. The molecule has 14 heavy (non-hydrogen) atoms. The quantitative estimate of drug-likeness (QED) is 0.705. The number of hydrogen-bond acceptors (Lipinski definition) is 3. The van der Waals surface area contributed by atoms with Gasteiger partial charge in [-0.3, -0.25) is 4.90 Å². The molecule has 1 aliphatic heterocycles. The lowest BCUT2D eigenvalue weighted by Gasteiger charge is -2.42. The minimum Gasteiger partial charge on any atom is -0.314 e. The molecule has 82 valence electrons. The van der Waals surface area contributed by atoms with E-state index in [0.717, 1.165) is 18.1 Å². The van der Waals surface area contributed by atoms with Gasteiger partial charge in [0, 0.05) is 37.8 Å². The lowest BCUT2D eigenvalue weighted by atomic mass is 10.1. The molecular weight excluding hydrogens is 174 g/mol. The standard InChI is InChI=1S/C11H23N3/c1-9-6-12-7-11(8-13(2)3)14(9)10-4-5-10/h9-12H,4-8H2,1-3H3. The molecule has 0 aromatic heterocycles. The fraction of sp³-hybridized carbons (Fsp3) is 1.00. The fourth-order valence-electron chi connectivity index (χ4n) is 2.64. The first-order chi connectivity index (χ1) is 6.68. The molecule has 1 N–H and O–H groups in total. The van der Waals surface area contributed by atoms with Crippen LogP contribution in [0.2, 0.25) is 0 Å². The highest BCUT2D eigenvalue weighted by atomic mass is 15.3. The number of hydrogen-bond donors (Lipinski definition) is 1. The summed E-state index contributed by atoms with van der Waals surface area (Å²) in [5, 5.41) is 3.53. The number of nitrogens with zero attached hydrogens (tertiary/aromatic N) is 2. The van der Waals surface area contributed by atoms with Crippen LogP contribution in [0.5, 0.6) is 0 Å². The number of rotatable bonds is 3. The van der Waals surface area contributed by atoms with Crippen molar-refractivity contribution in [1.82, 2.24) is 15.1 Å². The Bertz CT molecular complexity index is 189. The van der Waals surface area contributed by atoms with Gasteiger partial charge in [0.05, 0.1) is 0 Å². The van der Waals surface area contributed by atoms with Crippen molar-refractivity contribution in [2.75, 3.05) is 33.7 Å². The third kappa shape index (κ3) is 2.27. The van der Waals surface area contributed by atoms with E-state index in [9.17, 15) is 0 Å². The van der Waals surface area contributed by atoms with Gasteiger partial charge in [-0.15, -0.1) is 0 Å². The van der Waals surface area contributed by atoms with Crippen LogP contribution in [-0.2, 0) is 0 Å². The summed E-state index contributed by atoms with van der Waals surface area (Å²) in [5.41, 5.74) is 0. The molecule has 0 bridgehead atoms. The van der Waals surface area contributed by atoms with E-state index in [4.69, 9.17) is 0 Å². The van der Waals surface area contributed by atoms with Gasteiger partial charge < -0.3 is 10.2 Å². The first kappa shape index (κ1) is 10.4. The van der Waals surface area contributed by atoms with Crippen LogP contribution in [0.25, 0.3) is 0 Å². The van der Waals surface area contributed by atoms with E-state index in [-0.39, 0.29) is 0 Å². The van der Waals surface area contributed by atoms with Crippen LogP contribution in [0, 0.1) is 0 Å². The molecule has 0 amide bonds. The van der Waals surface area contributed by atoms with Crippen molar-refractivity contribution < 1.29 is 0 Å². The van der Waals surface area contributed by atoms with Crippen molar-refractivity contribution >= 4 is 0 Å². The molecule has 0 radical (unpaired) electrons. The van der Waals surface area contributed by atoms with Gasteiger partial charge >= 0.3 is 0 Å². The Morgan fingerprint density at radius 1 is 1.29 bits per heavy atom. The van der Waals surface area contributed by atoms with E-state index in [1.54, 1.807) is 0 Å². The molecule has 1 saturated heterocycles.